The van der Waals surface area contributed by atoms with E-state index >= 15 is 0 Å². The molecule has 5 nitrogen and oxygen atoms in total. The number of fused-ring (bicyclic) bond motifs is 1. The molecule has 4 aromatic carbocycles. The van der Waals surface area contributed by atoms with Gasteiger partial charge in [-0.1, -0.05) is 96.5 Å². The van der Waals surface area contributed by atoms with Gasteiger partial charge in [-0.15, -0.1) is 0 Å². The Morgan fingerprint density at radius 3 is 1.69 bits per heavy atom. The van der Waals surface area contributed by atoms with Crippen LogP contribution in [0.25, 0.3) is 22.0 Å². The molecule has 1 aromatic heterocycles. The Hall–Kier alpha value is -3.90. The van der Waals surface area contributed by atoms with E-state index < -0.39 is 0 Å². The summed E-state index contributed by atoms with van der Waals surface area (Å²) >= 11 is 6.52. The Labute approximate surface area is 233 Å². The van der Waals surface area contributed by atoms with Crippen molar-refractivity contribution in [3.05, 3.63) is 125 Å². The Bertz CT molecular complexity index is 1410. The zero-order valence-corrected chi connectivity index (χ0v) is 22.3. The molecule has 0 saturated heterocycles. The molecule has 0 fully saturated rings. The van der Waals surface area contributed by atoms with Crippen molar-refractivity contribution in [3.63, 3.8) is 0 Å². The van der Waals surface area contributed by atoms with Crippen LogP contribution in [0.4, 0.5) is 0 Å². The molecule has 0 unspecified atom stereocenters. The number of halogens is 1. The normalized spacial score (nSPS) is 11.0. The topological polar surface area (TPSA) is 49.8 Å². The van der Waals surface area contributed by atoms with E-state index in [4.69, 9.17) is 30.5 Å². The third-order valence-corrected chi connectivity index (χ3v) is 6.37. The van der Waals surface area contributed by atoms with Gasteiger partial charge in [-0.25, -0.2) is 4.98 Å². The molecule has 0 saturated carbocycles. The summed E-state index contributed by atoms with van der Waals surface area (Å²) < 4.78 is 23.7. The molecule has 5 aromatic rings. The van der Waals surface area contributed by atoms with Crippen LogP contribution < -0.4 is 9.47 Å². The number of aromatic nitrogens is 1. The van der Waals surface area contributed by atoms with Crippen LogP contribution in [0.1, 0.15) is 11.1 Å². The number of hydrogen-bond acceptors (Lipinski definition) is 5. The minimum Gasteiger partial charge on any atom is -0.491 e. The van der Waals surface area contributed by atoms with Gasteiger partial charge >= 0.3 is 0 Å². The summed E-state index contributed by atoms with van der Waals surface area (Å²) in [5.41, 5.74) is 3.85. The minimum absolute atomic E-state index is 0.405. The van der Waals surface area contributed by atoms with Gasteiger partial charge in [0.1, 0.15) is 29.9 Å². The molecule has 0 aliphatic heterocycles. The maximum absolute atomic E-state index is 6.52. The number of nitrogens with zero attached hydrogens (tertiary/aromatic N) is 1. The lowest BCUT2D eigenvalue weighted by atomic mass is 10.1. The number of benzene rings is 4. The molecule has 198 valence electrons. The first kappa shape index (κ1) is 26.7. The second kappa shape index (κ2) is 13.8. The van der Waals surface area contributed by atoms with E-state index in [2.05, 4.69) is 4.98 Å². The Morgan fingerprint density at radius 2 is 1.10 bits per heavy atom. The van der Waals surface area contributed by atoms with Crippen molar-refractivity contribution in [2.24, 2.45) is 0 Å². The second-order valence-corrected chi connectivity index (χ2v) is 9.34. The molecule has 1 heterocycles. The van der Waals surface area contributed by atoms with Crippen LogP contribution >= 0.6 is 11.6 Å². The third-order valence-electron chi connectivity index (χ3n) is 6.09. The average molecular weight is 540 g/mol. The van der Waals surface area contributed by atoms with Gasteiger partial charge in [-0.05, 0) is 34.7 Å². The van der Waals surface area contributed by atoms with Gasteiger partial charge in [0, 0.05) is 17.0 Å². The van der Waals surface area contributed by atoms with Crippen LogP contribution in [0.3, 0.4) is 0 Å². The molecule has 39 heavy (non-hydrogen) atoms. The first-order valence-electron chi connectivity index (χ1n) is 12.9. The fourth-order valence-electron chi connectivity index (χ4n) is 4.16. The molecule has 0 aliphatic carbocycles. The van der Waals surface area contributed by atoms with E-state index in [1.807, 2.05) is 109 Å². The van der Waals surface area contributed by atoms with Gasteiger partial charge in [-0.2, -0.15) is 0 Å². The van der Waals surface area contributed by atoms with Crippen molar-refractivity contribution in [1.29, 1.82) is 0 Å². The first-order valence-corrected chi connectivity index (χ1v) is 13.3. The maximum Gasteiger partial charge on any atom is 0.137 e. The summed E-state index contributed by atoms with van der Waals surface area (Å²) in [7, 11) is 0. The zero-order chi connectivity index (χ0) is 26.7. The van der Waals surface area contributed by atoms with Crippen LogP contribution in [0.15, 0.2) is 109 Å². The van der Waals surface area contributed by atoms with Crippen LogP contribution in [-0.4, -0.2) is 31.4 Å². The van der Waals surface area contributed by atoms with E-state index in [9.17, 15) is 0 Å². The van der Waals surface area contributed by atoms with Crippen molar-refractivity contribution in [2.45, 2.75) is 13.2 Å². The van der Waals surface area contributed by atoms with Crippen LogP contribution in [0.2, 0.25) is 5.15 Å². The summed E-state index contributed by atoms with van der Waals surface area (Å²) in [6, 6.07) is 35.9. The Kier molecular flexibility index (Phi) is 9.42. The van der Waals surface area contributed by atoms with Gasteiger partial charge in [0.25, 0.3) is 0 Å². The molecular weight excluding hydrogens is 510 g/mol. The summed E-state index contributed by atoms with van der Waals surface area (Å²) in [5.74, 6) is 1.34. The van der Waals surface area contributed by atoms with Crippen molar-refractivity contribution in [2.75, 3.05) is 26.4 Å². The van der Waals surface area contributed by atoms with E-state index in [1.165, 1.54) is 0 Å². The summed E-state index contributed by atoms with van der Waals surface area (Å²) in [6.07, 6.45) is 0. The molecule has 5 rings (SSSR count). The number of ether oxygens (including phenoxy) is 4. The van der Waals surface area contributed by atoms with Crippen LogP contribution in [-0.2, 0) is 22.7 Å². The average Bonchev–Trinajstić information content (AvgIpc) is 2.98. The smallest absolute Gasteiger partial charge is 0.137 e. The van der Waals surface area contributed by atoms with Crippen molar-refractivity contribution >= 4 is 22.4 Å². The molecule has 0 aliphatic rings. The SMILES string of the molecule is Clc1nc(-c2cc(OCCOCc3ccccc3)cc(OCCOCc3ccccc3)c2)cc2ccccc12. The predicted molar refractivity (Wildman–Crippen MR) is 155 cm³/mol. The third kappa shape index (κ3) is 7.80. The van der Waals surface area contributed by atoms with Crippen molar-refractivity contribution < 1.29 is 18.9 Å². The van der Waals surface area contributed by atoms with Gasteiger partial charge in [-0.3, -0.25) is 0 Å². The highest BCUT2D eigenvalue weighted by molar-refractivity contribution is 6.34. The zero-order valence-electron chi connectivity index (χ0n) is 21.6. The Morgan fingerprint density at radius 1 is 0.564 bits per heavy atom. The molecule has 0 N–H and O–H groups in total. The molecule has 0 atom stereocenters. The second-order valence-electron chi connectivity index (χ2n) is 8.99. The van der Waals surface area contributed by atoms with E-state index in [-0.39, 0.29) is 0 Å². The van der Waals surface area contributed by atoms with Gasteiger partial charge in [0.05, 0.1) is 32.1 Å². The minimum atomic E-state index is 0.405. The molecule has 0 radical (unpaired) electrons. The van der Waals surface area contributed by atoms with E-state index in [0.717, 1.165) is 33.2 Å². The monoisotopic (exact) mass is 539 g/mol. The lowest BCUT2D eigenvalue weighted by molar-refractivity contribution is 0.0867. The quantitative estimate of drug-likeness (QED) is 0.113. The lowest BCUT2D eigenvalue weighted by Gasteiger charge is -2.14. The fraction of sp³-hybridized carbons (Fsp3) is 0.182. The van der Waals surface area contributed by atoms with E-state index in [1.54, 1.807) is 0 Å². The maximum atomic E-state index is 6.52. The molecule has 0 bridgehead atoms. The Balaban J connectivity index is 1.25. The van der Waals surface area contributed by atoms with Crippen LogP contribution in [0.5, 0.6) is 11.5 Å². The summed E-state index contributed by atoms with van der Waals surface area (Å²) in [5, 5.41) is 2.39. The molecule has 0 spiro atoms. The van der Waals surface area contributed by atoms with Crippen molar-refractivity contribution in [3.8, 4) is 22.8 Å². The fourth-order valence-corrected chi connectivity index (χ4v) is 4.42. The van der Waals surface area contributed by atoms with Crippen LogP contribution in [0, 0.1) is 0 Å². The standard InChI is InChI=1S/C33H30ClNO4/c34-33-31-14-8-7-13-27(31)21-32(35-33)28-19-29(38-17-15-36-23-25-9-3-1-4-10-25)22-30(20-28)39-18-16-37-24-26-11-5-2-6-12-26/h1-14,19-22H,15-18,23-24H2. The van der Waals surface area contributed by atoms with Gasteiger partial charge < -0.3 is 18.9 Å². The predicted octanol–water partition coefficient (Wildman–Crippen LogP) is 7.75. The largest absolute Gasteiger partial charge is 0.491 e. The molecular formula is C33H30ClNO4. The highest BCUT2D eigenvalue weighted by atomic mass is 35.5. The first-order chi connectivity index (χ1) is 19.2. The molecule has 6 heteroatoms. The van der Waals surface area contributed by atoms with E-state index in [0.29, 0.717) is 56.3 Å². The van der Waals surface area contributed by atoms with Gasteiger partial charge in [0.2, 0.25) is 0 Å². The number of pyridine rings is 1. The lowest BCUT2D eigenvalue weighted by Crippen LogP contribution is -2.08. The number of hydrogen-bond donors (Lipinski definition) is 0. The summed E-state index contributed by atoms with van der Waals surface area (Å²) in [4.78, 5) is 4.65. The molecule has 0 amide bonds. The highest BCUT2D eigenvalue weighted by Crippen LogP contribution is 2.32. The summed E-state index contributed by atoms with van der Waals surface area (Å²) in [6.45, 7) is 2.82. The van der Waals surface area contributed by atoms with Gasteiger partial charge in [0.15, 0.2) is 0 Å². The van der Waals surface area contributed by atoms with Crippen molar-refractivity contribution in [1.82, 2.24) is 4.98 Å². The number of rotatable bonds is 13. The highest BCUT2D eigenvalue weighted by Gasteiger charge is 2.10.